The third-order valence-corrected chi connectivity index (χ3v) is 4.22. The summed E-state index contributed by atoms with van der Waals surface area (Å²) in [7, 11) is 0. The molecule has 2 aromatic carbocycles. The van der Waals surface area contributed by atoms with Crippen LogP contribution in [0.2, 0.25) is 0 Å². The van der Waals surface area contributed by atoms with E-state index < -0.39 is 6.10 Å². The zero-order valence-electron chi connectivity index (χ0n) is 11.9. The Balaban J connectivity index is 1.67. The monoisotopic (exact) mass is 300 g/mol. The Bertz CT molecular complexity index is 540. The fourth-order valence-corrected chi connectivity index (χ4v) is 2.90. The summed E-state index contributed by atoms with van der Waals surface area (Å²) >= 11 is 1.28. The quantitative estimate of drug-likeness (QED) is 0.844. The molecule has 0 aliphatic heterocycles. The Morgan fingerprint density at radius 3 is 2.14 bits per heavy atom. The van der Waals surface area contributed by atoms with Crippen LogP contribution in [0, 0.1) is 0 Å². The lowest BCUT2D eigenvalue weighted by atomic mass is 10.1. The van der Waals surface area contributed by atoms with E-state index in [-0.39, 0.29) is 11.5 Å². The topological polar surface area (TPSA) is 37.3 Å². The first-order valence-corrected chi connectivity index (χ1v) is 8.14. The van der Waals surface area contributed by atoms with E-state index in [1.54, 1.807) is 0 Å². The lowest BCUT2D eigenvalue weighted by Crippen LogP contribution is -2.12. The summed E-state index contributed by atoms with van der Waals surface area (Å²) in [5.41, 5.74) is 2.33. The van der Waals surface area contributed by atoms with E-state index in [2.05, 4.69) is 0 Å². The molecule has 0 saturated carbocycles. The largest absolute Gasteiger partial charge is 0.393 e. The lowest BCUT2D eigenvalue weighted by molar-refractivity contribution is -0.112. The van der Waals surface area contributed by atoms with Crippen molar-refractivity contribution in [3.8, 4) is 0 Å². The fourth-order valence-electron chi connectivity index (χ4n) is 2.07. The van der Waals surface area contributed by atoms with Gasteiger partial charge >= 0.3 is 0 Å². The second kappa shape index (κ2) is 8.65. The molecule has 21 heavy (non-hydrogen) atoms. The van der Waals surface area contributed by atoms with Crippen molar-refractivity contribution in [1.29, 1.82) is 0 Å². The maximum atomic E-state index is 11.8. The SMILES string of the molecule is O=C(CC(O)CCc1ccccc1)SCc1ccccc1. The van der Waals surface area contributed by atoms with Gasteiger partial charge in [0.05, 0.1) is 6.10 Å². The van der Waals surface area contributed by atoms with Crippen LogP contribution < -0.4 is 0 Å². The molecule has 0 bridgehead atoms. The number of thioether (sulfide) groups is 1. The van der Waals surface area contributed by atoms with Crippen molar-refractivity contribution in [2.45, 2.75) is 31.1 Å². The van der Waals surface area contributed by atoms with Gasteiger partial charge in [-0.3, -0.25) is 4.79 Å². The fraction of sp³-hybridized carbons (Fsp3) is 0.278. The van der Waals surface area contributed by atoms with Crippen LogP contribution in [0.25, 0.3) is 0 Å². The predicted molar refractivity (Wildman–Crippen MR) is 88.1 cm³/mol. The summed E-state index contributed by atoms with van der Waals surface area (Å²) in [5, 5.41) is 10.00. The molecule has 0 aliphatic rings. The second-order valence-electron chi connectivity index (χ2n) is 5.03. The molecule has 0 heterocycles. The van der Waals surface area contributed by atoms with Crippen molar-refractivity contribution < 1.29 is 9.90 Å². The highest BCUT2D eigenvalue weighted by Gasteiger charge is 2.11. The molecule has 2 aromatic rings. The molecule has 0 saturated heterocycles. The van der Waals surface area contributed by atoms with Crippen LogP contribution in [0.4, 0.5) is 0 Å². The molecular weight excluding hydrogens is 280 g/mol. The Morgan fingerprint density at radius 1 is 0.952 bits per heavy atom. The van der Waals surface area contributed by atoms with Crippen molar-refractivity contribution in [1.82, 2.24) is 0 Å². The van der Waals surface area contributed by atoms with Gasteiger partial charge in [-0.15, -0.1) is 0 Å². The number of aliphatic hydroxyl groups excluding tert-OH is 1. The molecule has 2 nitrogen and oxygen atoms in total. The zero-order valence-corrected chi connectivity index (χ0v) is 12.8. The molecule has 0 aromatic heterocycles. The highest BCUT2D eigenvalue weighted by Crippen LogP contribution is 2.17. The van der Waals surface area contributed by atoms with E-state index in [1.165, 1.54) is 17.3 Å². The average Bonchev–Trinajstić information content (AvgIpc) is 2.53. The highest BCUT2D eigenvalue weighted by molar-refractivity contribution is 8.12. The van der Waals surface area contributed by atoms with Crippen LogP contribution in [-0.2, 0) is 17.0 Å². The summed E-state index contributed by atoms with van der Waals surface area (Å²) in [6.07, 6.45) is 1.10. The van der Waals surface area contributed by atoms with Gasteiger partial charge in [0.1, 0.15) is 0 Å². The van der Waals surface area contributed by atoms with Crippen LogP contribution in [0.15, 0.2) is 60.7 Å². The predicted octanol–water partition coefficient (Wildman–Crippen LogP) is 3.83. The van der Waals surface area contributed by atoms with Gasteiger partial charge in [0.15, 0.2) is 5.12 Å². The van der Waals surface area contributed by atoms with Gasteiger partial charge in [0.25, 0.3) is 0 Å². The van der Waals surface area contributed by atoms with Gasteiger partial charge in [0.2, 0.25) is 0 Å². The van der Waals surface area contributed by atoms with E-state index in [0.717, 1.165) is 12.0 Å². The van der Waals surface area contributed by atoms with Crippen LogP contribution in [0.3, 0.4) is 0 Å². The smallest absolute Gasteiger partial charge is 0.191 e. The maximum Gasteiger partial charge on any atom is 0.191 e. The lowest BCUT2D eigenvalue weighted by Gasteiger charge is -2.09. The van der Waals surface area contributed by atoms with Crippen molar-refractivity contribution in [3.05, 3.63) is 71.8 Å². The summed E-state index contributed by atoms with van der Waals surface area (Å²) in [4.78, 5) is 11.8. The average molecular weight is 300 g/mol. The number of aryl methyl sites for hydroxylation is 1. The first kappa shape index (κ1) is 15.8. The van der Waals surface area contributed by atoms with Gasteiger partial charge in [-0.1, -0.05) is 72.4 Å². The summed E-state index contributed by atoms with van der Waals surface area (Å²) in [5.74, 6) is 0.672. The second-order valence-corrected chi connectivity index (χ2v) is 6.06. The molecular formula is C18H20O2S. The number of hydrogen-bond donors (Lipinski definition) is 1. The van der Waals surface area contributed by atoms with Gasteiger partial charge in [0, 0.05) is 12.2 Å². The Labute approximate surface area is 130 Å². The first-order chi connectivity index (χ1) is 10.2. The number of hydrogen-bond acceptors (Lipinski definition) is 3. The van der Waals surface area contributed by atoms with Crippen LogP contribution in [0.5, 0.6) is 0 Å². The van der Waals surface area contributed by atoms with E-state index in [0.29, 0.717) is 12.2 Å². The van der Waals surface area contributed by atoms with Crippen molar-refractivity contribution in [2.24, 2.45) is 0 Å². The van der Waals surface area contributed by atoms with Gasteiger partial charge in [-0.2, -0.15) is 0 Å². The molecule has 0 fully saturated rings. The molecule has 2 rings (SSSR count). The Hall–Kier alpha value is -1.58. The van der Waals surface area contributed by atoms with E-state index >= 15 is 0 Å². The van der Waals surface area contributed by atoms with Crippen molar-refractivity contribution in [2.75, 3.05) is 0 Å². The third-order valence-electron chi connectivity index (χ3n) is 3.25. The normalized spacial score (nSPS) is 12.0. The number of rotatable bonds is 7. The molecule has 0 radical (unpaired) electrons. The molecule has 3 heteroatoms. The molecule has 1 unspecified atom stereocenters. The van der Waals surface area contributed by atoms with E-state index in [1.807, 2.05) is 60.7 Å². The first-order valence-electron chi connectivity index (χ1n) is 7.15. The minimum atomic E-state index is -0.555. The molecule has 0 amide bonds. The van der Waals surface area contributed by atoms with Gasteiger partial charge in [-0.05, 0) is 24.0 Å². The molecule has 0 aliphatic carbocycles. The number of aliphatic hydroxyl groups is 1. The third kappa shape index (κ3) is 6.15. The van der Waals surface area contributed by atoms with Crippen molar-refractivity contribution >= 4 is 16.9 Å². The summed E-state index contributed by atoms with van der Waals surface area (Å²) in [6.45, 7) is 0. The summed E-state index contributed by atoms with van der Waals surface area (Å²) in [6, 6.07) is 19.9. The zero-order chi connectivity index (χ0) is 14.9. The number of benzene rings is 2. The van der Waals surface area contributed by atoms with E-state index in [9.17, 15) is 9.90 Å². The Morgan fingerprint density at radius 2 is 1.52 bits per heavy atom. The Kier molecular flexibility index (Phi) is 6.51. The van der Waals surface area contributed by atoms with Crippen LogP contribution in [-0.4, -0.2) is 16.3 Å². The number of carbonyl (C=O) groups excluding carboxylic acids is 1. The molecule has 110 valence electrons. The molecule has 0 spiro atoms. The summed E-state index contributed by atoms with van der Waals surface area (Å²) < 4.78 is 0. The van der Waals surface area contributed by atoms with Crippen LogP contribution >= 0.6 is 11.8 Å². The highest BCUT2D eigenvalue weighted by atomic mass is 32.2. The maximum absolute atomic E-state index is 11.8. The standard InChI is InChI=1S/C18H20O2S/c19-17(12-11-15-7-3-1-4-8-15)13-18(20)21-14-16-9-5-2-6-10-16/h1-10,17,19H,11-14H2. The van der Waals surface area contributed by atoms with Gasteiger partial charge in [-0.25, -0.2) is 0 Å². The minimum Gasteiger partial charge on any atom is -0.393 e. The van der Waals surface area contributed by atoms with E-state index in [4.69, 9.17) is 0 Å². The van der Waals surface area contributed by atoms with Crippen molar-refractivity contribution in [3.63, 3.8) is 0 Å². The minimum absolute atomic E-state index is 0.0550. The van der Waals surface area contributed by atoms with Gasteiger partial charge < -0.3 is 5.11 Å². The number of carbonyl (C=O) groups is 1. The van der Waals surface area contributed by atoms with Crippen LogP contribution in [0.1, 0.15) is 24.0 Å². The molecule has 1 N–H and O–H groups in total. The molecule has 1 atom stereocenters.